The molecule has 2 aromatic rings. The molecule has 0 amide bonds. The Morgan fingerprint density at radius 3 is 2.35 bits per heavy atom. The van der Waals surface area contributed by atoms with E-state index in [4.69, 9.17) is 4.74 Å². The monoisotopic (exact) mass is 226 g/mol. The van der Waals surface area contributed by atoms with Crippen LogP contribution < -0.4 is 4.74 Å². The average molecular weight is 226 g/mol. The van der Waals surface area contributed by atoms with E-state index in [0.29, 0.717) is 0 Å². The van der Waals surface area contributed by atoms with Gasteiger partial charge in [0.2, 0.25) is 0 Å². The summed E-state index contributed by atoms with van der Waals surface area (Å²) in [6.07, 6.45) is -0.624. The fourth-order valence-corrected chi connectivity index (χ4v) is 2.37. The molecule has 0 aromatic heterocycles. The number of para-hydroxylation sites is 1. The van der Waals surface area contributed by atoms with Crippen molar-refractivity contribution in [3.63, 3.8) is 0 Å². The number of fused-ring (bicyclic) bond motifs is 1. The average Bonchev–Trinajstić information content (AvgIpc) is 2.65. The minimum atomic E-state index is -0.690. The molecule has 1 aliphatic rings. The van der Waals surface area contributed by atoms with Gasteiger partial charge in [-0.05, 0) is 18.6 Å². The highest BCUT2D eigenvalue weighted by Gasteiger charge is 2.44. The fourth-order valence-electron chi connectivity index (χ4n) is 2.37. The van der Waals surface area contributed by atoms with Gasteiger partial charge in [-0.25, -0.2) is 0 Å². The van der Waals surface area contributed by atoms with Crippen molar-refractivity contribution < 1.29 is 9.84 Å². The second-order valence-corrected chi connectivity index (χ2v) is 4.52. The Kier molecular flexibility index (Phi) is 2.20. The molecule has 0 unspecified atom stereocenters. The fraction of sp³-hybridized carbons (Fsp3) is 0.200. The number of rotatable bonds is 1. The molecule has 0 radical (unpaired) electrons. The number of hydrogen-bond donors (Lipinski definition) is 1. The number of benzene rings is 2. The minimum Gasteiger partial charge on any atom is -0.479 e. The van der Waals surface area contributed by atoms with Crippen LogP contribution in [0.3, 0.4) is 0 Å². The lowest BCUT2D eigenvalue weighted by molar-refractivity contribution is -0.0181. The lowest BCUT2D eigenvalue weighted by Gasteiger charge is -2.28. The van der Waals surface area contributed by atoms with Gasteiger partial charge >= 0.3 is 0 Å². The summed E-state index contributed by atoms with van der Waals surface area (Å²) in [5.74, 6) is 0.770. The van der Waals surface area contributed by atoms with Gasteiger partial charge in [0, 0.05) is 5.56 Å². The van der Waals surface area contributed by atoms with Crippen molar-refractivity contribution in [3.8, 4) is 5.75 Å². The van der Waals surface area contributed by atoms with Crippen LogP contribution in [0, 0.1) is 0 Å². The Bertz CT molecular complexity index is 536. The molecule has 1 aliphatic heterocycles. The number of aliphatic hydroxyl groups excluding tert-OH is 1. The normalized spacial score (nSPS) is 26.4. The summed E-state index contributed by atoms with van der Waals surface area (Å²) in [5, 5.41) is 10.4. The summed E-state index contributed by atoms with van der Waals surface area (Å²) in [4.78, 5) is 0. The maximum absolute atomic E-state index is 10.4. The van der Waals surface area contributed by atoms with E-state index in [2.05, 4.69) is 0 Å². The minimum absolute atomic E-state index is 0.624. The summed E-state index contributed by atoms with van der Waals surface area (Å²) in [5.41, 5.74) is 1.16. The zero-order valence-electron chi connectivity index (χ0n) is 9.63. The number of ether oxygens (including phenoxy) is 1. The van der Waals surface area contributed by atoms with Crippen molar-refractivity contribution in [1.29, 1.82) is 0 Å². The molecule has 0 saturated heterocycles. The van der Waals surface area contributed by atoms with Gasteiger partial charge in [-0.3, -0.25) is 0 Å². The van der Waals surface area contributed by atoms with Gasteiger partial charge in [0.05, 0.1) is 0 Å². The summed E-state index contributed by atoms with van der Waals surface area (Å²) < 4.78 is 5.94. The Morgan fingerprint density at radius 1 is 1.00 bits per heavy atom. The Labute approximate surface area is 100 Å². The SMILES string of the molecule is C[C@@]1(c2ccccc2)Oc2ccccc2[C@H]1O. The van der Waals surface area contributed by atoms with E-state index in [0.717, 1.165) is 16.9 Å². The van der Waals surface area contributed by atoms with Crippen LogP contribution >= 0.6 is 0 Å². The first-order valence-corrected chi connectivity index (χ1v) is 5.73. The van der Waals surface area contributed by atoms with Gasteiger partial charge < -0.3 is 9.84 Å². The van der Waals surface area contributed by atoms with E-state index in [1.807, 2.05) is 61.5 Å². The molecule has 0 aliphatic carbocycles. The van der Waals surface area contributed by atoms with Crippen molar-refractivity contribution >= 4 is 0 Å². The molecular formula is C15H14O2. The molecule has 2 nitrogen and oxygen atoms in total. The van der Waals surface area contributed by atoms with Crippen molar-refractivity contribution in [3.05, 3.63) is 65.7 Å². The van der Waals surface area contributed by atoms with Gasteiger partial charge in [0.1, 0.15) is 11.9 Å². The lowest BCUT2D eigenvalue weighted by atomic mass is 9.88. The van der Waals surface area contributed by atoms with Crippen LogP contribution in [0.2, 0.25) is 0 Å². The third-order valence-corrected chi connectivity index (χ3v) is 3.40. The topological polar surface area (TPSA) is 29.5 Å². The highest BCUT2D eigenvalue weighted by atomic mass is 16.5. The zero-order valence-corrected chi connectivity index (χ0v) is 9.63. The smallest absolute Gasteiger partial charge is 0.161 e. The van der Waals surface area contributed by atoms with E-state index in [1.165, 1.54) is 0 Å². The van der Waals surface area contributed by atoms with Gasteiger partial charge in [-0.1, -0.05) is 48.5 Å². The molecule has 3 rings (SSSR count). The molecule has 2 heteroatoms. The van der Waals surface area contributed by atoms with Crippen molar-refractivity contribution in [2.75, 3.05) is 0 Å². The van der Waals surface area contributed by atoms with Gasteiger partial charge in [0.25, 0.3) is 0 Å². The lowest BCUT2D eigenvalue weighted by Crippen LogP contribution is -2.31. The van der Waals surface area contributed by atoms with Crippen LogP contribution in [0.15, 0.2) is 54.6 Å². The molecule has 1 heterocycles. The zero-order chi connectivity index (χ0) is 11.9. The molecule has 1 N–H and O–H groups in total. The van der Waals surface area contributed by atoms with E-state index in [1.54, 1.807) is 0 Å². The van der Waals surface area contributed by atoms with E-state index >= 15 is 0 Å². The molecule has 2 aromatic carbocycles. The Morgan fingerprint density at radius 2 is 1.65 bits per heavy atom. The Hall–Kier alpha value is -1.80. The first kappa shape index (κ1) is 10.4. The summed E-state index contributed by atoms with van der Waals surface area (Å²) in [6, 6.07) is 17.5. The third kappa shape index (κ3) is 1.45. The predicted molar refractivity (Wildman–Crippen MR) is 65.8 cm³/mol. The third-order valence-electron chi connectivity index (χ3n) is 3.40. The van der Waals surface area contributed by atoms with E-state index < -0.39 is 11.7 Å². The van der Waals surface area contributed by atoms with Crippen molar-refractivity contribution in [2.24, 2.45) is 0 Å². The van der Waals surface area contributed by atoms with Crippen LogP contribution in [-0.4, -0.2) is 5.11 Å². The second kappa shape index (κ2) is 3.60. The second-order valence-electron chi connectivity index (χ2n) is 4.52. The van der Waals surface area contributed by atoms with E-state index in [9.17, 15) is 5.11 Å². The predicted octanol–water partition coefficient (Wildman–Crippen LogP) is 3.03. The summed E-state index contributed by atoms with van der Waals surface area (Å²) in [6.45, 7) is 1.92. The molecular weight excluding hydrogens is 212 g/mol. The molecule has 0 fully saturated rings. The number of aliphatic hydroxyl groups is 1. The Balaban J connectivity index is 2.09. The first-order valence-electron chi connectivity index (χ1n) is 5.73. The molecule has 17 heavy (non-hydrogen) atoms. The standard InChI is InChI=1S/C15H14O2/c1-15(11-7-3-2-4-8-11)14(16)12-9-5-6-10-13(12)17-15/h2-10,14,16H,1H3/t14-,15+/m1/s1. The molecule has 86 valence electrons. The summed E-state index contributed by atoms with van der Waals surface area (Å²) >= 11 is 0. The highest BCUT2D eigenvalue weighted by Crippen LogP contribution is 2.48. The van der Waals surface area contributed by atoms with Crippen LogP contribution in [0.1, 0.15) is 24.2 Å². The van der Waals surface area contributed by atoms with Crippen LogP contribution in [0.4, 0.5) is 0 Å². The van der Waals surface area contributed by atoms with Crippen LogP contribution in [0.25, 0.3) is 0 Å². The van der Waals surface area contributed by atoms with Crippen LogP contribution in [-0.2, 0) is 5.60 Å². The molecule has 0 bridgehead atoms. The van der Waals surface area contributed by atoms with Gasteiger partial charge in [0.15, 0.2) is 5.60 Å². The molecule has 2 atom stereocenters. The van der Waals surface area contributed by atoms with E-state index in [-0.39, 0.29) is 0 Å². The molecule has 0 spiro atoms. The van der Waals surface area contributed by atoms with Crippen molar-refractivity contribution in [1.82, 2.24) is 0 Å². The first-order chi connectivity index (χ1) is 8.22. The maximum atomic E-state index is 10.4. The van der Waals surface area contributed by atoms with Gasteiger partial charge in [-0.15, -0.1) is 0 Å². The maximum Gasteiger partial charge on any atom is 0.161 e. The van der Waals surface area contributed by atoms with Gasteiger partial charge in [-0.2, -0.15) is 0 Å². The van der Waals surface area contributed by atoms with Crippen molar-refractivity contribution in [2.45, 2.75) is 18.6 Å². The molecule has 0 saturated carbocycles. The quantitative estimate of drug-likeness (QED) is 0.810. The highest BCUT2D eigenvalue weighted by molar-refractivity contribution is 5.44. The van der Waals surface area contributed by atoms with Crippen LogP contribution in [0.5, 0.6) is 5.75 Å². The summed E-state index contributed by atoms with van der Waals surface area (Å²) in [7, 11) is 0. The largest absolute Gasteiger partial charge is 0.479 e. The number of hydrogen-bond acceptors (Lipinski definition) is 2.